The molecule has 0 aliphatic heterocycles. The van der Waals surface area contributed by atoms with E-state index in [1.54, 1.807) is 0 Å². The first-order chi connectivity index (χ1) is 9.66. The molecule has 1 aliphatic rings. The van der Waals surface area contributed by atoms with Crippen LogP contribution in [0.5, 0.6) is 0 Å². The zero-order valence-electron chi connectivity index (χ0n) is 15.9. The molecule has 1 N–H and O–H groups in total. The fourth-order valence-corrected chi connectivity index (χ4v) is 4.06. The summed E-state index contributed by atoms with van der Waals surface area (Å²) in [5, 5.41) is 3.75. The molecule has 0 spiro atoms. The third-order valence-corrected chi connectivity index (χ3v) is 5.54. The van der Waals surface area contributed by atoms with Crippen LogP contribution in [0.1, 0.15) is 74.1 Å². The summed E-state index contributed by atoms with van der Waals surface area (Å²) >= 11 is 0. The Kier molecular flexibility index (Phi) is 7.19. The molecule has 1 aliphatic carbocycles. The SMILES string of the molecule is CCNC1CCC(C(C)(C)C)CC1N(C)C(C)CC(C)C. The van der Waals surface area contributed by atoms with E-state index < -0.39 is 0 Å². The fraction of sp³-hybridized carbons (Fsp3) is 1.00. The molecule has 2 nitrogen and oxygen atoms in total. The zero-order valence-corrected chi connectivity index (χ0v) is 15.9. The van der Waals surface area contributed by atoms with E-state index in [9.17, 15) is 0 Å². The van der Waals surface area contributed by atoms with Gasteiger partial charge in [-0.2, -0.15) is 0 Å². The first kappa shape index (κ1) is 19.0. The van der Waals surface area contributed by atoms with Gasteiger partial charge < -0.3 is 5.32 Å². The lowest BCUT2D eigenvalue weighted by Gasteiger charge is -2.47. The minimum absolute atomic E-state index is 0.442. The topological polar surface area (TPSA) is 15.3 Å². The molecule has 0 radical (unpaired) electrons. The Morgan fingerprint density at radius 3 is 2.24 bits per heavy atom. The van der Waals surface area contributed by atoms with Gasteiger partial charge in [-0.05, 0) is 63.5 Å². The Labute approximate surface area is 134 Å². The molecule has 4 atom stereocenters. The van der Waals surface area contributed by atoms with Crippen LogP contribution in [-0.4, -0.2) is 36.6 Å². The fourth-order valence-electron chi connectivity index (χ4n) is 4.06. The van der Waals surface area contributed by atoms with E-state index in [1.807, 2.05) is 0 Å². The molecule has 0 aromatic rings. The van der Waals surface area contributed by atoms with Gasteiger partial charge in [0.1, 0.15) is 0 Å². The Bertz CT molecular complexity index is 292. The summed E-state index contributed by atoms with van der Waals surface area (Å²) in [4.78, 5) is 2.67. The monoisotopic (exact) mass is 296 g/mol. The standard InChI is InChI=1S/C19H40N2/c1-9-20-17-11-10-16(19(5,6)7)13-18(17)21(8)15(4)12-14(2)3/h14-18,20H,9-13H2,1-8H3. The van der Waals surface area contributed by atoms with Crippen molar-refractivity contribution in [2.45, 2.75) is 92.3 Å². The van der Waals surface area contributed by atoms with E-state index in [0.717, 1.165) is 18.4 Å². The number of nitrogens with zero attached hydrogens (tertiary/aromatic N) is 1. The van der Waals surface area contributed by atoms with Gasteiger partial charge in [-0.3, -0.25) is 4.90 Å². The van der Waals surface area contributed by atoms with E-state index >= 15 is 0 Å². The van der Waals surface area contributed by atoms with Crippen LogP contribution in [0.15, 0.2) is 0 Å². The largest absolute Gasteiger partial charge is 0.313 e. The average molecular weight is 297 g/mol. The minimum atomic E-state index is 0.442. The first-order valence-electron chi connectivity index (χ1n) is 9.12. The van der Waals surface area contributed by atoms with Crippen molar-refractivity contribution in [2.75, 3.05) is 13.6 Å². The van der Waals surface area contributed by atoms with Crippen molar-refractivity contribution < 1.29 is 0 Å². The highest BCUT2D eigenvalue weighted by Gasteiger charge is 2.38. The molecular weight excluding hydrogens is 256 g/mol. The lowest BCUT2D eigenvalue weighted by Crippen LogP contribution is -2.55. The predicted octanol–water partition coefficient (Wildman–Crippen LogP) is 4.55. The zero-order chi connectivity index (χ0) is 16.2. The van der Waals surface area contributed by atoms with Crippen LogP contribution in [0.2, 0.25) is 0 Å². The summed E-state index contributed by atoms with van der Waals surface area (Å²) in [5.41, 5.74) is 0.442. The lowest BCUT2D eigenvalue weighted by atomic mass is 9.69. The Balaban J connectivity index is 2.79. The van der Waals surface area contributed by atoms with Crippen molar-refractivity contribution >= 4 is 0 Å². The van der Waals surface area contributed by atoms with E-state index in [2.05, 4.69) is 65.7 Å². The summed E-state index contributed by atoms with van der Waals surface area (Å²) in [6, 6.07) is 2.04. The maximum absolute atomic E-state index is 3.75. The molecule has 2 heteroatoms. The molecule has 0 heterocycles. The van der Waals surface area contributed by atoms with Crippen LogP contribution in [0.4, 0.5) is 0 Å². The van der Waals surface area contributed by atoms with Crippen LogP contribution in [0.25, 0.3) is 0 Å². The van der Waals surface area contributed by atoms with Crippen LogP contribution < -0.4 is 5.32 Å². The number of nitrogens with one attached hydrogen (secondary N) is 1. The highest BCUT2D eigenvalue weighted by molar-refractivity contribution is 4.94. The van der Waals surface area contributed by atoms with E-state index in [-0.39, 0.29) is 0 Å². The normalized spacial score (nSPS) is 29.1. The van der Waals surface area contributed by atoms with Crippen LogP contribution >= 0.6 is 0 Å². The average Bonchev–Trinajstić information content (AvgIpc) is 2.36. The van der Waals surface area contributed by atoms with Gasteiger partial charge in [0.2, 0.25) is 0 Å². The third-order valence-electron chi connectivity index (χ3n) is 5.54. The molecule has 1 saturated carbocycles. The summed E-state index contributed by atoms with van der Waals surface area (Å²) < 4.78 is 0. The van der Waals surface area contributed by atoms with Crippen molar-refractivity contribution in [3.8, 4) is 0 Å². The highest BCUT2D eigenvalue weighted by atomic mass is 15.2. The summed E-state index contributed by atoms with van der Waals surface area (Å²) in [5.74, 6) is 1.63. The van der Waals surface area contributed by atoms with Gasteiger partial charge in [-0.1, -0.05) is 41.5 Å². The number of likely N-dealkylation sites (N-methyl/N-ethyl adjacent to an activating group) is 2. The van der Waals surface area contributed by atoms with Crippen molar-refractivity contribution in [1.82, 2.24) is 10.2 Å². The van der Waals surface area contributed by atoms with Gasteiger partial charge in [0.05, 0.1) is 0 Å². The van der Waals surface area contributed by atoms with E-state index in [0.29, 0.717) is 23.5 Å². The van der Waals surface area contributed by atoms with E-state index in [1.165, 1.54) is 25.7 Å². The molecule has 0 aromatic heterocycles. The molecule has 21 heavy (non-hydrogen) atoms. The Morgan fingerprint density at radius 1 is 1.14 bits per heavy atom. The maximum Gasteiger partial charge on any atom is 0.0251 e. The predicted molar refractivity (Wildman–Crippen MR) is 94.7 cm³/mol. The second-order valence-corrected chi connectivity index (χ2v) is 8.75. The Hall–Kier alpha value is -0.0800. The lowest BCUT2D eigenvalue weighted by molar-refractivity contribution is 0.0489. The van der Waals surface area contributed by atoms with Crippen LogP contribution in [0, 0.1) is 17.3 Å². The molecule has 4 unspecified atom stereocenters. The van der Waals surface area contributed by atoms with Gasteiger partial charge >= 0.3 is 0 Å². The molecule has 0 bridgehead atoms. The van der Waals surface area contributed by atoms with Gasteiger partial charge in [0.25, 0.3) is 0 Å². The minimum Gasteiger partial charge on any atom is -0.313 e. The summed E-state index contributed by atoms with van der Waals surface area (Å²) in [7, 11) is 2.35. The van der Waals surface area contributed by atoms with Crippen molar-refractivity contribution in [1.29, 1.82) is 0 Å². The Morgan fingerprint density at radius 2 is 1.76 bits per heavy atom. The number of hydrogen-bond acceptors (Lipinski definition) is 2. The number of hydrogen-bond donors (Lipinski definition) is 1. The highest BCUT2D eigenvalue weighted by Crippen LogP contribution is 2.39. The van der Waals surface area contributed by atoms with Crippen molar-refractivity contribution in [3.63, 3.8) is 0 Å². The van der Waals surface area contributed by atoms with Crippen LogP contribution in [0.3, 0.4) is 0 Å². The van der Waals surface area contributed by atoms with Gasteiger partial charge in [-0.25, -0.2) is 0 Å². The van der Waals surface area contributed by atoms with Crippen molar-refractivity contribution in [3.05, 3.63) is 0 Å². The summed E-state index contributed by atoms with van der Waals surface area (Å²) in [6.45, 7) is 17.7. The molecule has 0 saturated heterocycles. The van der Waals surface area contributed by atoms with Gasteiger partial charge in [0, 0.05) is 18.1 Å². The van der Waals surface area contributed by atoms with Crippen molar-refractivity contribution in [2.24, 2.45) is 17.3 Å². The molecule has 0 aromatic carbocycles. The molecule has 1 rings (SSSR count). The second kappa shape index (κ2) is 7.97. The quantitative estimate of drug-likeness (QED) is 0.774. The summed E-state index contributed by atoms with van der Waals surface area (Å²) in [6.07, 6.45) is 5.36. The number of rotatable bonds is 6. The maximum atomic E-state index is 3.75. The van der Waals surface area contributed by atoms with Gasteiger partial charge in [0.15, 0.2) is 0 Å². The van der Waals surface area contributed by atoms with Gasteiger partial charge in [-0.15, -0.1) is 0 Å². The van der Waals surface area contributed by atoms with Crippen LogP contribution in [-0.2, 0) is 0 Å². The second-order valence-electron chi connectivity index (χ2n) is 8.75. The molecule has 126 valence electrons. The first-order valence-corrected chi connectivity index (χ1v) is 9.12. The van der Waals surface area contributed by atoms with E-state index in [4.69, 9.17) is 0 Å². The molecular formula is C19H40N2. The smallest absolute Gasteiger partial charge is 0.0251 e. The molecule has 0 amide bonds. The molecule has 1 fully saturated rings. The third kappa shape index (κ3) is 5.56.